The van der Waals surface area contributed by atoms with Crippen LogP contribution in [-0.2, 0) is 9.53 Å². The second-order valence-corrected chi connectivity index (χ2v) is 6.67. The van der Waals surface area contributed by atoms with Gasteiger partial charge in [-0.05, 0) is 50.1 Å². The van der Waals surface area contributed by atoms with Crippen LogP contribution in [0.3, 0.4) is 0 Å². The first-order valence-electron chi connectivity index (χ1n) is 8.13. The lowest BCUT2D eigenvalue weighted by Gasteiger charge is -2.37. The summed E-state index contributed by atoms with van der Waals surface area (Å²) >= 11 is 0. The molecule has 1 amide bonds. The molecular weight excluding hydrogens is 252 g/mol. The van der Waals surface area contributed by atoms with Crippen molar-refractivity contribution in [3.8, 4) is 0 Å². The molecule has 2 aliphatic heterocycles. The van der Waals surface area contributed by atoms with Gasteiger partial charge in [0.25, 0.3) is 0 Å². The van der Waals surface area contributed by atoms with Crippen LogP contribution >= 0.6 is 0 Å². The molecule has 0 aromatic heterocycles. The van der Waals surface area contributed by atoms with Gasteiger partial charge in [0.15, 0.2) is 0 Å². The van der Waals surface area contributed by atoms with Crippen molar-refractivity contribution in [3.63, 3.8) is 0 Å². The average molecular weight is 282 g/mol. The summed E-state index contributed by atoms with van der Waals surface area (Å²) in [5, 5.41) is 3.45. The fraction of sp³-hybridized carbons (Fsp3) is 0.938. The highest BCUT2D eigenvalue weighted by atomic mass is 16.5. The molecule has 4 heteroatoms. The first-order chi connectivity index (χ1) is 9.61. The third-order valence-corrected chi connectivity index (χ3v) is 5.18. The zero-order valence-corrected chi connectivity index (χ0v) is 13.2. The summed E-state index contributed by atoms with van der Waals surface area (Å²) in [6.45, 7) is 8.33. The average Bonchev–Trinajstić information content (AvgIpc) is 2.48. The number of ether oxygens (including phenoxy) is 1. The van der Waals surface area contributed by atoms with Gasteiger partial charge in [-0.15, -0.1) is 0 Å². The number of methoxy groups -OCH3 is 1. The van der Waals surface area contributed by atoms with Gasteiger partial charge in [0.2, 0.25) is 5.91 Å². The molecule has 4 unspecified atom stereocenters. The van der Waals surface area contributed by atoms with Crippen molar-refractivity contribution in [3.05, 3.63) is 0 Å². The van der Waals surface area contributed by atoms with E-state index in [1.165, 1.54) is 12.8 Å². The molecule has 2 heterocycles. The maximum Gasteiger partial charge on any atom is 0.222 e. The number of hydrogen-bond donors (Lipinski definition) is 1. The molecule has 0 spiro atoms. The zero-order valence-electron chi connectivity index (χ0n) is 13.2. The van der Waals surface area contributed by atoms with Crippen molar-refractivity contribution in [1.82, 2.24) is 10.2 Å². The monoisotopic (exact) mass is 282 g/mol. The van der Waals surface area contributed by atoms with E-state index >= 15 is 0 Å². The largest absolute Gasteiger partial charge is 0.379 e. The van der Waals surface area contributed by atoms with Crippen LogP contribution in [0.4, 0.5) is 0 Å². The quantitative estimate of drug-likeness (QED) is 0.856. The smallest absolute Gasteiger partial charge is 0.222 e. The Hall–Kier alpha value is -0.610. The number of piperidine rings is 2. The maximum atomic E-state index is 12.5. The topological polar surface area (TPSA) is 41.6 Å². The number of rotatable bonds is 4. The molecule has 116 valence electrons. The Bertz CT molecular complexity index is 316. The number of amides is 1. The van der Waals surface area contributed by atoms with Crippen LogP contribution < -0.4 is 5.32 Å². The van der Waals surface area contributed by atoms with Gasteiger partial charge in [-0.1, -0.05) is 13.8 Å². The lowest BCUT2D eigenvalue weighted by molar-refractivity contribution is -0.137. The Morgan fingerprint density at radius 1 is 1.45 bits per heavy atom. The third kappa shape index (κ3) is 3.95. The first kappa shape index (κ1) is 15.8. The van der Waals surface area contributed by atoms with Crippen molar-refractivity contribution in [2.45, 2.75) is 45.6 Å². The molecule has 2 fully saturated rings. The van der Waals surface area contributed by atoms with Crippen molar-refractivity contribution in [1.29, 1.82) is 0 Å². The first-order valence-corrected chi connectivity index (χ1v) is 8.13. The van der Waals surface area contributed by atoms with Gasteiger partial charge in [0, 0.05) is 26.6 Å². The molecule has 2 rings (SSSR count). The van der Waals surface area contributed by atoms with Gasteiger partial charge < -0.3 is 15.0 Å². The van der Waals surface area contributed by atoms with Crippen molar-refractivity contribution >= 4 is 5.91 Å². The van der Waals surface area contributed by atoms with E-state index in [1.54, 1.807) is 7.11 Å². The predicted molar refractivity (Wildman–Crippen MR) is 80.5 cm³/mol. The molecule has 1 N–H and O–H groups in total. The molecule has 0 aromatic carbocycles. The molecule has 20 heavy (non-hydrogen) atoms. The molecule has 0 radical (unpaired) electrons. The van der Waals surface area contributed by atoms with Crippen LogP contribution in [0.5, 0.6) is 0 Å². The van der Waals surface area contributed by atoms with Crippen LogP contribution in [0.25, 0.3) is 0 Å². The second-order valence-electron chi connectivity index (χ2n) is 6.67. The summed E-state index contributed by atoms with van der Waals surface area (Å²) in [6.07, 6.45) is 4.47. The zero-order chi connectivity index (χ0) is 14.5. The molecule has 4 atom stereocenters. The molecule has 0 aliphatic carbocycles. The van der Waals surface area contributed by atoms with E-state index in [-0.39, 0.29) is 6.10 Å². The van der Waals surface area contributed by atoms with Gasteiger partial charge in [-0.25, -0.2) is 0 Å². The Morgan fingerprint density at radius 2 is 2.25 bits per heavy atom. The highest BCUT2D eigenvalue weighted by Gasteiger charge is 2.30. The van der Waals surface area contributed by atoms with Gasteiger partial charge in [0.1, 0.15) is 0 Å². The van der Waals surface area contributed by atoms with E-state index < -0.39 is 0 Å². The fourth-order valence-electron chi connectivity index (χ4n) is 3.50. The van der Waals surface area contributed by atoms with Crippen LogP contribution in [-0.4, -0.2) is 50.2 Å². The van der Waals surface area contributed by atoms with Gasteiger partial charge in [-0.3, -0.25) is 4.79 Å². The molecule has 0 bridgehead atoms. The lowest BCUT2D eigenvalue weighted by Crippen LogP contribution is -2.47. The number of hydrogen-bond acceptors (Lipinski definition) is 3. The number of carbonyl (C=O) groups is 1. The Morgan fingerprint density at radius 3 is 2.90 bits per heavy atom. The number of carbonyl (C=O) groups excluding carboxylic acids is 1. The normalized spacial score (nSPS) is 33.0. The molecular formula is C16H30N2O2. The minimum Gasteiger partial charge on any atom is -0.379 e. The van der Waals surface area contributed by atoms with Crippen molar-refractivity contribution in [2.75, 3.05) is 33.3 Å². The van der Waals surface area contributed by atoms with Crippen molar-refractivity contribution in [2.24, 2.45) is 17.8 Å². The minimum absolute atomic E-state index is 0.208. The van der Waals surface area contributed by atoms with Crippen LogP contribution in [0.15, 0.2) is 0 Å². The standard InChI is InChI=1S/C16H30N2O2/c1-12-6-8-18(11-15(12)20-3)16(19)9-13(2)14-5-4-7-17-10-14/h12-15,17H,4-11H2,1-3H3. The third-order valence-electron chi connectivity index (χ3n) is 5.18. The Balaban J connectivity index is 1.81. The number of nitrogens with one attached hydrogen (secondary N) is 1. The lowest BCUT2D eigenvalue weighted by atomic mass is 9.85. The van der Waals surface area contributed by atoms with Gasteiger partial charge in [0.05, 0.1) is 6.10 Å². The predicted octanol–water partition coefficient (Wildman–Crippen LogP) is 1.90. The molecule has 2 saturated heterocycles. The molecule has 4 nitrogen and oxygen atoms in total. The fourth-order valence-corrected chi connectivity index (χ4v) is 3.50. The van der Waals surface area contributed by atoms with Gasteiger partial charge in [-0.2, -0.15) is 0 Å². The Labute approximate surface area is 123 Å². The van der Waals surface area contributed by atoms with E-state index in [2.05, 4.69) is 19.2 Å². The highest BCUT2D eigenvalue weighted by Crippen LogP contribution is 2.25. The summed E-state index contributed by atoms with van der Waals surface area (Å²) in [7, 11) is 1.76. The van der Waals surface area contributed by atoms with Crippen LogP contribution in [0.2, 0.25) is 0 Å². The van der Waals surface area contributed by atoms with Gasteiger partial charge >= 0.3 is 0 Å². The Kier molecular flexibility index (Phi) is 5.85. The summed E-state index contributed by atoms with van der Waals surface area (Å²) in [5.41, 5.74) is 0. The minimum atomic E-state index is 0.208. The second kappa shape index (κ2) is 7.41. The summed E-state index contributed by atoms with van der Waals surface area (Å²) in [6, 6.07) is 0. The summed E-state index contributed by atoms with van der Waals surface area (Å²) in [5.74, 6) is 2.02. The maximum absolute atomic E-state index is 12.5. The van der Waals surface area contributed by atoms with Crippen molar-refractivity contribution < 1.29 is 9.53 Å². The van der Waals surface area contributed by atoms with E-state index in [4.69, 9.17) is 4.74 Å². The number of nitrogens with zero attached hydrogens (tertiary/aromatic N) is 1. The van der Waals surface area contributed by atoms with Crippen LogP contribution in [0.1, 0.15) is 39.5 Å². The highest BCUT2D eigenvalue weighted by molar-refractivity contribution is 5.76. The summed E-state index contributed by atoms with van der Waals surface area (Å²) in [4.78, 5) is 14.5. The van der Waals surface area contributed by atoms with E-state index in [9.17, 15) is 4.79 Å². The molecule has 0 saturated carbocycles. The van der Waals surface area contributed by atoms with Crippen LogP contribution in [0, 0.1) is 17.8 Å². The van der Waals surface area contributed by atoms with E-state index in [1.807, 2.05) is 4.90 Å². The summed E-state index contributed by atoms with van der Waals surface area (Å²) < 4.78 is 5.50. The molecule has 2 aliphatic rings. The number of likely N-dealkylation sites (tertiary alicyclic amines) is 1. The SMILES string of the molecule is COC1CN(C(=O)CC(C)C2CCCNC2)CCC1C. The molecule has 0 aromatic rings. The van der Waals surface area contributed by atoms with E-state index in [0.29, 0.717) is 30.1 Å². The van der Waals surface area contributed by atoms with E-state index in [0.717, 1.165) is 32.6 Å².